The first-order valence-corrected chi connectivity index (χ1v) is 10.4. The fraction of sp³-hybridized carbons (Fsp3) is 0.905. The van der Waals surface area contributed by atoms with Crippen LogP contribution in [0, 0.1) is 0 Å². The SMILES string of the molecule is CCCCCCCCCCN1C=CN(C(C)C)C1CCCCC. The van der Waals surface area contributed by atoms with Gasteiger partial charge < -0.3 is 9.80 Å². The second-order valence-corrected chi connectivity index (χ2v) is 7.53. The highest BCUT2D eigenvalue weighted by Gasteiger charge is 2.26. The van der Waals surface area contributed by atoms with Crippen LogP contribution < -0.4 is 0 Å². The molecule has 0 saturated heterocycles. The van der Waals surface area contributed by atoms with Crippen LogP contribution in [0.5, 0.6) is 0 Å². The predicted molar refractivity (Wildman–Crippen MR) is 103 cm³/mol. The van der Waals surface area contributed by atoms with E-state index in [2.05, 4.69) is 49.9 Å². The molecular weight excluding hydrogens is 280 g/mol. The molecule has 0 aromatic carbocycles. The van der Waals surface area contributed by atoms with Gasteiger partial charge in [0.25, 0.3) is 0 Å². The maximum Gasteiger partial charge on any atom is 0.101 e. The molecule has 1 rings (SSSR count). The maximum atomic E-state index is 2.60. The van der Waals surface area contributed by atoms with E-state index >= 15 is 0 Å². The van der Waals surface area contributed by atoms with Crippen molar-refractivity contribution in [2.24, 2.45) is 0 Å². The Hall–Kier alpha value is -0.660. The molecule has 0 fully saturated rings. The molecule has 1 heterocycles. The summed E-state index contributed by atoms with van der Waals surface area (Å²) >= 11 is 0. The second kappa shape index (κ2) is 12.7. The largest absolute Gasteiger partial charge is 0.356 e. The van der Waals surface area contributed by atoms with Crippen molar-refractivity contribution in [3.63, 3.8) is 0 Å². The standard InChI is InChI=1S/C21H42N2/c1-5-7-9-10-11-12-13-15-17-22-18-19-23(20(3)4)21(22)16-14-8-6-2/h18-21H,5-17H2,1-4H3. The second-order valence-electron chi connectivity index (χ2n) is 7.53. The van der Waals surface area contributed by atoms with Gasteiger partial charge in [0, 0.05) is 25.0 Å². The third-order valence-electron chi connectivity index (χ3n) is 5.09. The zero-order chi connectivity index (χ0) is 16.9. The summed E-state index contributed by atoms with van der Waals surface area (Å²) in [6.07, 6.45) is 21.9. The van der Waals surface area contributed by atoms with Gasteiger partial charge in [-0.2, -0.15) is 0 Å². The van der Waals surface area contributed by atoms with Crippen LogP contribution in [0.4, 0.5) is 0 Å². The smallest absolute Gasteiger partial charge is 0.101 e. The van der Waals surface area contributed by atoms with Gasteiger partial charge >= 0.3 is 0 Å². The van der Waals surface area contributed by atoms with Gasteiger partial charge in [-0.25, -0.2) is 0 Å². The molecule has 2 nitrogen and oxygen atoms in total. The summed E-state index contributed by atoms with van der Waals surface area (Å²) in [5, 5.41) is 0. The van der Waals surface area contributed by atoms with E-state index in [-0.39, 0.29) is 0 Å². The molecule has 23 heavy (non-hydrogen) atoms. The third-order valence-corrected chi connectivity index (χ3v) is 5.09. The summed E-state index contributed by atoms with van der Waals surface area (Å²) in [5.74, 6) is 0. The van der Waals surface area contributed by atoms with Crippen molar-refractivity contribution in [2.45, 2.75) is 117 Å². The quantitative estimate of drug-likeness (QED) is 0.335. The van der Waals surface area contributed by atoms with Gasteiger partial charge in [0.05, 0.1) is 0 Å². The summed E-state index contributed by atoms with van der Waals surface area (Å²) in [6.45, 7) is 10.5. The van der Waals surface area contributed by atoms with Gasteiger partial charge in [0.2, 0.25) is 0 Å². The van der Waals surface area contributed by atoms with Crippen LogP contribution in [0.25, 0.3) is 0 Å². The molecule has 136 valence electrons. The number of nitrogens with zero attached hydrogens (tertiary/aromatic N) is 2. The van der Waals surface area contributed by atoms with Crippen LogP contribution in [-0.4, -0.2) is 28.6 Å². The van der Waals surface area contributed by atoms with E-state index in [9.17, 15) is 0 Å². The molecule has 0 aromatic rings. The third kappa shape index (κ3) is 8.13. The minimum atomic E-state index is 0.612. The van der Waals surface area contributed by atoms with E-state index < -0.39 is 0 Å². The normalized spacial score (nSPS) is 17.7. The average molecular weight is 323 g/mol. The van der Waals surface area contributed by atoms with Crippen molar-refractivity contribution >= 4 is 0 Å². The van der Waals surface area contributed by atoms with Crippen LogP contribution in [0.3, 0.4) is 0 Å². The van der Waals surface area contributed by atoms with Crippen molar-refractivity contribution in [3.8, 4) is 0 Å². The number of hydrogen-bond acceptors (Lipinski definition) is 2. The lowest BCUT2D eigenvalue weighted by Crippen LogP contribution is -2.42. The molecule has 0 aromatic heterocycles. The van der Waals surface area contributed by atoms with Crippen LogP contribution in [0.1, 0.15) is 105 Å². The van der Waals surface area contributed by atoms with Crippen molar-refractivity contribution in [3.05, 3.63) is 12.4 Å². The summed E-state index contributed by atoms with van der Waals surface area (Å²) < 4.78 is 0. The topological polar surface area (TPSA) is 6.48 Å². The Balaban J connectivity index is 2.21. The number of unbranched alkanes of at least 4 members (excludes halogenated alkanes) is 9. The first-order valence-electron chi connectivity index (χ1n) is 10.4. The predicted octanol–water partition coefficient (Wildman–Crippen LogP) is 6.53. The Labute approximate surface area is 146 Å². The van der Waals surface area contributed by atoms with Gasteiger partial charge in [-0.05, 0) is 33.1 Å². The van der Waals surface area contributed by atoms with E-state index in [4.69, 9.17) is 0 Å². The molecule has 0 radical (unpaired) electrons. The molecule has 1 aliphatic rings. The highest BCUT2D eigenvalue weighted by atomic mass is 15.4. The number of rotatable bonds is 14. The molecule has 0 spiro atoms. The minimum absolute atomic E-state index is 0.612. The Bertz CT molecular complexity index is 298. The maximum absolute atomic E-state index is 2.60. The Kier molecular flexibility index (Phi) is 11.3. The average Bonchev–Trinajstić information content (AvgIpc) is 2.93. The zero-order valence-corrected chi connectivity index (χ0v) is 16.4. The Morgan fingerprint density at radius 2 is 1.30 bits per heavy atom. The molecule has 0 saturated carbocycles. The van der Waals surface area contributed by atoms with Gasteiger partial charge in [0.15, 0.2) is 0 Å². The summed E-state index contributed by atoms with van der Waals surface area (Å²) in [5.41, 5.74) is 0. The molecule has 0 bridgehead atoms. The van der Waals surface area contributed by atoms with E-state index in [1.807, 2.05) is 0 Å². The van der Waals surface area contributed by atoms with E-state index in [1.54, 1.807) is 0 Å². The van der Waals surface area contributed by atoms with E-state index in [1.165, 1.54) is 83.6 Å². The van der Waals surface area contributed by atoms with Crippen molar-refractivity contribution in [1.29, 1.82) is 0 Å². The van der Waals surface area contributed by atoms with Crippen LogP contribution in [-0.2, 0) is 0 Å². The lowest BCUT2D eigenvalue weighted by molar-refractivity contribution is 0.114. The lowest BCUT2D eigenvalue weighted by atomic mass is 10.1. The first kappa shape index (κ1) is 20.4. The van der Waals surface area contributed by atoms with Crippen molar-refractivity contribution < 1.29 is 0 Å². The minimum Gasteiger partial charge on any atom is -0.356 e. The molecule has 1 aliphatic heterocycles. The van der Waals surface area contributed by atoms with Crippen molar-refractivity contribution in [1.82, 2.24) is 9.80 Å². The fourth-order valence-corrected chi connectivity index (χ4v) is 3.59. The molecule has 2 heteroatoms. The Morgan fingerprint density at radius 1 is 0.739 bits per heavy atom. The van der Waals surface area contributed by atoms with Crippen LogP contribution in [0.15, 0.2) is 12.4 Å². The molecule has 1 unspecified atom stereocenters. The van der Waals surface area contributed by atoms with Gasteiger partial charge in [-0.3, -0.25) is 0 Å². The highest BCUT2D eigenvalue weighted by molar-refractivity contribution is 4.98. The monoisotopic (exact) mass is 322 g/mol. The van der Waals surface area contributed by atoms with E-state index in [0.717, 1.165) is 0 Å². The molecule has 0 amide bonds. The molecular formula is C21H42N2. The summed E-state index contributed by atoms with van der Waals surface area (Å²) in [4.78, 5) is 5.16. The Morgan fingerprint density at radius 3 is 1.91 bits per heavy atom. The summed E-state index contributed by atoms with van der Waals surface area (Å²) in [7, 11) is 0. The summed E-state index contributed by atoms with van der Waals surface area (Å²) in [6, 6.07) is 0.612. The highest BCUT2D eigenvalue weighted by Crippen LogP contribution is 2.24. The van der Waals surface area contributed by atoms with Gasteiger partial charge in [-0.15, -0.1) is 0 Å². The van der Waals surface area contributed by atoms with Crippen molar-refractivity contribution in [2.75, 3.05) is 6.54 Å². The molecule has 0 aliphatic carbocycles. The first-order chi connectivity index (χ1) is 11.2. The van der Waals surface area contributed by atoms with Gasteiger partial charge in [0.1, 0.15) is 6.17 Å². The van der Waals surface area contributed by atoms with Gasteiger partial charge in [-0.1, -0.05) is 71.6 Å². The van der Waals surface area contributed by atoms with Crippen LogP contribution in [0.2, 0.25) is 0 Å². The molecule has 0 N–H and O–H groups in total. The lowest BCUT2D eigenvalue weighted by Gasteiger charge is -2.35. The zero-order valence-electron chi connectivity index (χ0n) is 16.4. The van der Waals surface area contributed by atoms with Crippen LogP contribution >= 0.6 is 0 Å². The van der Waals surface area contributed by atoms with E-state index in [0.29, 0.717) is 12.2 Å². The fourth-order valence-electron chi connectivity index (χ4n) is 3.59. The number of hydrogen-bond donors (Lipinski definition) is 0. The molecule has 1 atom stereocenters.